The van der Waals surface area contributed by atoms with Crippen LogP contribution in [0.5, 0.6) is 5.88 Å². The zero-order valence-corrected chi connectivity index (χ0v) is 14.3. The van der Waals surface area contributed by atoms with Gasteiger partial charge in [-0.1, -0.05) is 17.7 Å². The van der Waals surface area contributed by atoms with E-state index in [4.69, 9.17) is 11.6 Å². The second-order valence-corrected chi connectivity index (χ2v) is 5.80. The Morgan fingerprint density at radius 1 is 1.22 bits per heavy atom. The van der Waals surface area contributed by atoms with Crippen molar-refractivity contribution >= 4 is 23.2 Å². The van der Waals surface area contributed by atoms with Crippen LogP contribution in [0.2, 0.25) is 5.02 Å². The molecule has 0 bridgehead atoms. The second kappa shape index (κ2) is 7.67. The summed E-state index contributed by atoms with van der Waals surface area (Å²) >= 11 is 5.93. The van der Waals surface area contributed by atoms with E-state index >= 15 is 0 Å². The Kier molecular flexibility index (Phi) is 5.31. The number of carbonyl (C=O) groups excluding carboxylic acids is 1. The fourth-order valence-corrected chi connectivity index (χ4v) is 2.28. The predicted octanol–water partition coefficient (Wildman–Crippen LogP) is 4.11. The van der Waals surface area contributed by atoms with Gasteiger partial charge in [-0.15, -0.1) is 0 Å². The van der Waals surface area contributed by atoms with E-state index in [1.54, 1.807) is 30.5 Å². The normalized spacial score (nSPS) is 11.3. The molecule has 1 N–H and O–H groups in total. The van der Waals surface area contributed by atoms with Gasteiger partial charge in [0.25, 0.3) is 5.91 Å². The van der Waals surface area contributed by atoms with E-state index in [9.17, 15) is 18.0 Å². The molecule has 140 valence electrons. The third-order valence-corrected chi connectivity index (χ3v) is 3.51. The second-order valence-electron chi connectivity index (χ2n) is 5.37. The number of halogens is 4. The first-order valence-corrected chi connectivity index (χ1v) is 7.96. The van der Waals surface area contributed by atoms with Crippen LogP contribution >= 0.6 is 11.6 Å². The average Bonchev–Trinajstić information content (AvgIpc) is 3.11. The molecule has 0 aliphatic rings. The summed E-state index contributed by atoms with van der Waals surface area (Å²) < 4.78 is 42.3. The number of amides is 1. The summed E-state index contributed by atoms with van der Waals surface area (Å²) in [4.78, 5) is 16.0. The van der Waals surface area contributed by atoms with Gasteiger partial charge in [0, 0.05) is 17.3 Å². The molecule has 27 heavy (non-hydrogen) atoms. The standard InChI is InChI=1S/C17H12ClF3N4O2/c18-11-2-1-3-13(8-11)25-7-6-14(24-25)16(26)23-12-4-5-15(22-9-12)27-10-17(19,20)21/h1-9H,10H2,(H,23,26). The molecule has 0 spiro atoms. The van der Waals surface area contributed by atoms with Crippen molar-refractivity contribution in [2.75, 3.05) is 11.9 Å². The quantitative estimate of drug-likeness (QED) is 0.704. The smallest absolute Gasteiger partial charge is 0.422 e. The van der Waals surface area contributed by atoms with E-state index in [1.165, 1.54) is 29.1 Å². The molecule has 0 radical (unpaired) electrons. The zero-order chi connectivity index (χ0) is 19.4. The third-order valence-electron chi connectivity index (χ3n) is 3.27. The first kappa shape index (κ1) is 18.7. The van der Waals surface area contributed by atoms with E-state index in [-0.39, 0.29) is 17.3 Å². The lowest BCUT2D eigenvalue weighted by molar-refractivity contribution is -0.154. The van der Waals surface area contributed by atoms with Gasteiger partial charge in [-0.2, -0.15) is 18.3 Å². The molecule has 1 aromatic carbocycles. The molecule has 3 rings (SSSR count). The molecule has 1 amide bonds. The lowest BCUT2D eigenvalue weighted by Crippen LogP contribution is -2.19. The van der Waals surface area contributed by atoms with Crippen molar-refractivity contribution in [1.82, 2.24) is 14.8 Å². The Bertz CT molecular complexity index is 942. The molecule has 2 heterocycles. The Balaban J connectivity index is 1.64. The SMILES string of the molecule is O=C(Nc1ccc(OCC(F)(F)F)nc1)c1ccn(-c2cccc(Cl)c2)n1. The molecular weight excluding hydrogens is 385 g/mol. The number of hydrogen-bond acceptors (Lipinski definition) is 4. The summed E-state index contributed by atoms with van der Waals surface area (Å²) in [5, 5.41) is 7.26. The summed E-state index contributed by atoms with van der Waals surface area (Å²) in [6, 6.07) is 11.1. The largest absolute Gasteiger partial charge is 0.468 e. The van der Waals surface area contributed by atoms with Gasteiger partial charge in [0.05, 0.1) is 17.6 Å². The minimum absolute atomic E-state index is 0.146. The molecule has 10 heteroatoms. The molecule has 2 aromatic heterocycles. The first-order valence-electron chi connectivity index (χ1n) is 7.59. The molecule has 0 unspecified atom stereocenters. The van der Waals surface area contributed by atoms with E-state index < -0.39 is 18.7 Å². The van der Waals surface area contributed by atoms with Gasteiger partial charge < -0.3 is 10.1 Å². The number of carbonyl (C=O) groups is 1. The Hall–Kier alpha value is -3.07. The van der Waals surface area contributed by atoms with Crippen LogP contribution < -0.4 is 10.1 Å². The summed E-state index contributed by atoms with van der Waals surface area (Å²) in [5.74, 6) is -0.697. The van der Waals surface area contributed by atoms with Crippen molar-refractivity contribution in [2.45, 2.75) is 6.18 Å². The molecule has 0 saturated heterocycles. The van der Waals surface area contributed by atoms with Gasteiger partial charge in [-0.25, -0.2) is 9.67 Å². The molecule has 0 aliphatic carbocycles. The van der Waals surface area contributed by atoms with Crippen LogP contribution in [0.15, 0.2) is 54.9 Å². The lowest BCUT2D eigenvalue weighted by atomic mass is 10.3. The van der Waals surface area contributed by atoms with Gasteiger partial charge in [0.2, 0.25) is 5.88 Å². The van der Waals surface area contributed by atoms with Crippen molar-refractivity contribution in [2.24, 2.45) is 0 Å². The monoisotopic (exact) mass is 396 g/mol. The molecular formula is C17H12ClF3N4O2. The first-order chi connectivity index (χ1) is 12.8. The highest BCUT2D eigenvalue weighted by molar-refractivity contribution is 6.30. The van der Waals surface area contributed by atoms with Crippen LogP contribution in [0.4, 0.5) is 18.9 Å². The van der Waals surface area contributed by atoms with E-state index in [0.717, 1.165) is 0 Å². The number of rotatable bonds is 5. The zero-order valence-electron chi connectivity index (χ0n) is 13.6. The fraction of sp³-hybridized carbons (Fsp3) is 0.118. The maximum atomic E-state index is 12.2. The molecule has 0 atom stereocenters. The lowest BCUT2D eigenvalue weighted by Gasteiger charge is -2.08. The number of pyridine rings is 1. The number of aromatic nitrogens is 3. The number of benzene rings is 1. The van der Waals surface area contributed by atoms with Gasteiger partial charge in [0.15, 0.2) is 12.3 Å². The highest BCUT2D eigenvalue weighted by Gasteiger charge is 2.28. The number of anilines is 1. The van der Waals surface area contributed by atoms with Gasteiger partial charge in [-0.3, -0.25) is 4.79 Å². The minimum atomic E-state index is -4.45. The molecule has 6 nitrogen and oxygen atoms in total. The topological polar surface area (TPSA) is 69.0 Å². The summed E-state index contributed by atoms with van der Waals surface area (Å²) in [5.41, 5.74) is 1.12. The Labute approximate surface area is 156 Å². The predicted molar refractivity (Wildman–Crippen MR) is 92.3 cm³/mol. The number of alkyl halides is 3. The Morgan fingerprint density at radius 3 is 2.70 bits per heavy atom. The van der Waals surface area contributed by atoms with Crippen molar-refractivity contribution < 1.29 is 22.7 Å². The highest BCUT2D eigenvalue weighted by Crippen LogP contribution is 2.19. The minimum Gasteiger partial charge on any atom is -0.468 e. The molecule has 0 saturated carbocycles. The fourth-order valence-electron chi connectivity index (χ4n) is 2.10. The number of ether oxygens (including phenoxy) is 1. The van der Waals surface area contributed by atoms with Gasteiger partial charge >= 0.3 is 6.18 Å². The van der Waals surface area contributed by atoms with Crippen LogP contribution in [0.25, 0.3) is 5.69 Å². The van der Waals surface area contributed by atoms with Crippen molar-refractivity contribution in [3.05, 3.63) is 65.6 Å². The van der Waals surface area contributed by atoms with Crippen molar-refractivity contribution in [1.29, 1.82) is 0 Å². The third kappa shape index (κ3) is 5.20. The number of hydrogen-bond donors (Lipinski definition) is 1. The van der Waals surface area contributed by atoms with E-state index in [2.05, 4.69) is 20.1 Å². The number of nitrogens with zero attached hydrogens (tertiary/aromatic N) is 3. The van der Waals surface area contributed by atoms with Gasteiger partial charge in [-0.05, 0) is 30.3 Å². The van der Waals surface area contributed by atoms with Crippen LogP contribution in [0.3, 0.4) is 0 Å². The van der Waals surface area contributed by atoms with Crippen LogP contribution in [-0.4, -0.2) is 33.5 Å². The maximum absolute atomic E-state index is 12.2. The van der Waals surface area contributed by atoms with Crippen LogP contribution in [0.1, 0.15) is 10.5 Å². The molecule has 3 aromatic rings. The average molecular weight is 397 g/mol. The molecule has 0 fully saturated rings. The van der Waals surface area contributed by atoms with Crippen LogP contribution in [-0.2, 0) is 0 Å². The van der Waals surface area contributed by atoms with Gasteiger partial charge in [0.1, 0.15) is 0 Å². The number of nitrogens with one attached hydrogen (secondary N) is 1. The Morgan fingerprint density at radius 2 is 2.04 bits per heavy atom. The van der Waals surface area contributed by atoms with Crippen LogP contribution in [0, 0.1) is 0 Å². The summed E-state index contributed by atoms with van der Waals surface area (Å²) in [7, 11) is 0. The molecule has 0 aliphatic heterocycles. The van der Waals surface area contributed by atoms with Crippen molar-refractivity contribution in [3.8, 4) is 11.6 Å². The van der Waals surface area contributed by atoms with E-state index in [0.29, 0.717) is 10.7 Å². The van der Waals surface area contributed by atoms with E-state index in [1.807, 2.05) is 0 Å². The maximum Gasteiger partial charge on any atom is 0.422 e. The van der Waals surface area contributed by atoms with Crippen molar-refractivity contribution in [3.63, 3.8) is 0 Å². The summed E-state index contributed by atoms with van der Waals surface area (Å²) in [6.45, 7) is -1.44. The highest BCUT2D eigenvalue weighted by atomic mass is 35.5. The summed E-state index contributed by atoms with van der Waals surface area (Å²) in [6.07, 6.45) is -1.65.